The van der Waals surface area contributed by atoms with Crippen molar-refractivity contribution < 1.29 is 9.90 Å². The lowest BCUT2D eigenvalue weighted by Crippen LogP contribution is -2.45. The maximum atomic E-state index is 11.0. The zero-order valence-corrected chi connectivity index (χ0v) is 11.4. The standard InChI is InChI=1S/C14H26N2O2/c1-11(10-16-7-2-3-8-16)15-13-6-4-5-12(9-13)14(17)18/h11-13,15H,2-10H2,1H3,(H,17,18). The number of carbonyl (C=O) groups is 1. The van der Waals surface area contributed by atoms with Crippen LogP contribution in [0.15, 0.2) is 0 Å². The van der Waals surface area contributed by atoms with E-state index in [1.165, 1.54) is 25.9 Å². The molecule has 2 rings (SSSR count). The first-order valence-electron chi connectivity index (χ1n) is 7.36. The molecule has 3 unspecified atom stereocenters. The number of carboxylic acids is 1. The average molecular weight is 254 g/mol. The average Bonchev–Trinajstić information content (AvgIpc) is 2.82. The third-order valence-corrected chi connectivity index (χ3v) is 4.27. The number of nitrogens with one attached hydrogen (secondary N) is 1. The summed E-state index contributed by atoms with van der Waals surface area (Å²) in [4.78, 5) is 13.5. The van der Waals surface area contributed by atoms with Crippen LogP contribution >= 0.6 is 0 Å². The highest BCUT2D eigenvalue weighted by Crippen LogP contribution is 2.24. The monoisotopic (exact) mass is 254 g/mol. The summed E-state index contributed by atoms with van der Waals surface area (Å²) in [5.41, 5.74) is 0. The molecule has 0 bridgehead atoms. The molecule has 2 aliphatic rings. The van der Waals surface area contributed by atoms with E-state index in [0.29, 0.717) is 12.1 Å². The van der Waals surface area contributed by atoms with Crippen LogP contribution in [-0.2, 0) is 4.79 Å². The van der Waals surface area contributed by atoms with E-state index in [4.69, 9.17) is 5.11 Å². The molecule has 3 atom stereocenters. The molecular weight excluding hydrogens is 228 g/mol. The zero-order valence-electron chi connectivity index (χ0n) is 11.4. The lowest BCUT2D eigenvalue weighted by Gasteiger charge is -2.31. The van der Waals surface area contributed by atoms with Gasteiger partial charge in [0.25, 0.3) is 0 Å². The van der Waals surface area contributed by atoms with Crippen molar-refractivity contribution in [3.63, 3.8) is 0 Å². The van der Waals surface area contributed by atoms with Crippen LogP contribution in [0.3, 0.4) is 0 Å². The van der Waals surface area contributed by atoms with Crippen molar-refractivity contribution >= 4 is 5.97 Å². The number of nitrogens with zero attached hydrogens (tertiary/aromatic N) is 1. The van der Waals surface area contributed by atoms with Gasteiger partial charge in [-0.25, -0.2) is 0 Å². The molecule has 1 aliphatic carbocycles. The van der Waals surface area contributed by atoms with Crippen LogP contribution < -0.4 is 5.32 Å². The van der Waals surface area contributed by atoms with Gasteiger partial charge in [-0.05, 0) is 52.1 Å². The first-order chi connectivity index (χ1) is 8.65. The molecule has 1 saturated heterocycles. The van der Waals surface area contributed by atoms with E-state index in [2.05, 4.69) is 17.1 Å². The maximum Gasteiger partial charge on any atom is 0.306 e. The fraction of sp³-hybridized carbons (Fsp3) is 0.929. The molecule has 0 aromatic rings. The first-order valence-corrected chi connectivity index (χ1v) is 7.36. The quantitative estimate of drug-likeness (QED) is 0.784. The number of carboxylic acid groups (broad SMARTS) is 1. The van der Waals surface area contributed by atoms with E-state index in [-0.39, 0.29) is 5.92 Å². The van der Waals surface area contributed by atoms with Crippen LogP contribution in [0.25, 0.3) is 0 Å². The third-order valence-electron chi connectivity index (χ3n) is 4.27. The Morgan fingerprint density at radius 1 is 1.33 bits per heavy atom. The predicted molar refractivity (Wildman–Crippen MR) is 71.7 cm³/mol. The Bertz CT molecular complexity index is 277. The van der Waals surface area contributed by atoms with E-state index in [0.717, 1.165) is 32.2 Å². The molecule has 1 saturated carbocycles. The maximum absolute atomic E-state index is 11.0. The van der Waals surface area contributed by atoms with Gasteiger partial charge in [-0.2, -0.15) is 0 Å². The van der Waals surface area contributed by atoms with Gasteiger partial charge in [0.05, 0.1) is 5.92 Å². The Hall–Kier alpha value is -0.610. The van der Waals surface area contributed by atoms with Gasteiger partial charge in [-0.1, -0.05) is 6.42 Å². The van der Waals surface area contributed by atoms with Crippen molar-refractivity contribution in [1.82, 2.24) is 10.2 Å². The molecule has 2 N–H and O–H groups in total. The minimum atomic E-state index is -0.617. The summed E-state index contributed by atoms with van der Waals surface area (Å²) in [7, 11) is 0. The minimum absolute atomic E-state index is 0.129. The highest BCUT2D eigenvalue weighted by Gasteiger charge is 2.27. The summed E-state index contributed by atoms with van der Waals surface area (Å²) in [6.45, 7) is 5.79. The van der Waals surface area contributed by atoms with Gasteiger partial charge in [0.1, 0.15) is 0 Å². The number of likely N-dealkylation sites (tertiary alicyclic amines) is 1. The highest BCUT2D eigenvalue weighted by molar-refractivity contribution is 5.70. The second-order valence-electron chi connectivity index (χ2n) is 5.97. The second kappa shape index (κ2) is 6.53. The summed E-state index contributed by atoms with van der Waals surface area (Å²) in [5.74, 6) is -0.746. The Labute approximate surface area is 110 Å². The number of rotatable bonds is 5. The van der Waals surface area contributed by atoms with Gasteiger partial charge in [-0.15, -0.1) is 0 Å². The minimum Gasteiger partial charge on any atom is -0.481 e. The lowest BCUT2D eigenvalue weighted by molar-refractivity contribution is -0.143. The number of aliphatic carboxylic acids is 1. The summed E-state index contributed by atoms with van der Waals surface area (Å²) >= 11 is 0. The van der Waals surface area contributed by atoms with Crippen LogP contribution in [0, 0.1) is 5.92 Å². The third kappa shape index (κ3) is 3.95. The molecule has 0 aromatic heterocycles. The van der Waals surface area contributed by atoms with Crippen LogP contribution in [0.4, 0.5) is 0 Å². The molecule has 1 aliphatic heterocycles. The molecule has 1 heterocycles. The molecule has 0 aromatic carbocycles. The van der Waals surface area contributed by atoms with Crippen LogP contribution in [0.2, 0.25) is 0 Å². The molecular formula is C14H26N2O2. The molecule has 0 spiro atoms. The van der Waals surface area contributed by atoms with Gasteiger partial charge in [-0.3, -0.25) is 4.79 Å². The van der Waals surface area contributed by atoms with E-state index in [1.807, 2.05) is 0 Å². The Morgan fingerprint density at radius 3 is 2.72 bits per heavy atom. The fourth-order valence-corrected chi connectivity index (χ4v) is 3.37. The largest absolute Gasteiger partial charge is 0.481 e. The second-order valence-corrected chi connectivity index (χ2v) is 5.97. The van der Waals surface area contributed by atoms with Gasteiger partial charge in [0.2, 0.25) is 0 Å². The SMILES string of the molecule is CC(CN1CCCC1)NC1CCCC(C(=O)O)C1. The molecule has 4 nitrogen and oxygen atoms in total. The Morgan fingerprint density at radius 2 is 2.06 bits per heavy atom. The molecule has 0 radical (unpaired) electrons. The normalized spacial score (nSPS) is 31.4. The summed E-state index contributed by atoms with van der Waals surface area (Å²) in [6.07, 6.45) is 6.50. The van der Waals surface area contributed by atoms with Crippen molar-refractivity contribution in [1.29, 1.82) is 0 Å². The number of hydrogen-bond donors (Lipinski definition) is 2. The predicted octanol–water partition coefficient (Wildman–Crippen LogP) is 1.70. The van der Waals surface area contributed by atoms with Crippen molar-refractivity contribution in [2.24, 2.45) is 5.92 Å². The smallest absolute Gasteiger partial charge is 0.306 e. The van der Waals surface area contributed by atoms with Gasteiger partial charge in [0.15, 0.2) is 0 Å². The zero-order chi connectivity index (χ0) is 13.0. The lowest BCUT2D eigenvalue weighted by atomic mass is 9.85. The highest BCUT2D eigenvalue weighted by atomic mass is 16.4. The van der Waals surface area contributed by atoms with Crippen LogP contribution in [0.1, 0.15) is 45.4 Å². The van der Waals surface area contributed by atoms with Crippen molar-refractivity contribution in [3.05, 3.63) is 0 Å². The summed E-state index contributed by atoms with van der Waals surface area (Å²) in [5, 5.41) is 12.7. The Balaban J connectivity index is 1.72. The summed E-state index contributed by atoms with van der Waals surface area (Å²) in [6, 6.07) is 0.873. The van der Waals surface area contributed by atoms with Crippen molar-refractivity contribution in [2.75, 3.05) is 19.6 Å². The van der Waals surface area contributed by atoms with Gasteiger partial charge in [0, 0.05) is 18.6 Å². The Kier molecular flexibility index (Phi) is 5.01. The van der Waals surface area contributed by atoms with Crippen LogP contribution in [0.5, 0.6) is 0 Å². The molecule has 18 heavy (non-hydrogen) atoms. The van der Waals surface area contributed by atoms with E-state index in [9.17, 15) is 4.79 Å². The topological polar surface area (TPSA) is 52.6 Å². The molecule has 104 valence electrons. The van der Waals surface area contributed by atoms with Crippen LogP contribution in [-0.4, -0.2) is 47.7 Å². The van der Waals surface area contributed by atoms with Crippen molar-refractivity contribution in [2.45, 2.75) is 57.5 Å². The fourth-order valence-electron chi connectivity index (χ4n) is 3.37. The summed E-state index contributed by atoms with van der Waals surface area (Å²) < 4.78 is 0. The molecule has 0 amide bonds. The van der Waals surface area contributed by atoms with E-state index in [1.54, 1.807) is 0 Å². The van der Waals surface area contributed by atoms with Crippen molar-refractivity contribution in [3.8, 4) is 0 Å². The van der Waals surface area contributed by atoms with E-state index >= 15 is 0 Å². The van der Waals surface area contributed by atoms with E-state index < -0.39 is 5.97 Å². The molecule has 2 fully saturated rings. The van der Waals surface area contributed by atoms with Gasteiger partial charge >= 0.3 is 5.97 Å². The molecule has 4 heteroatoms. The number of hydrogen-bond acceptors (Lipinski definition) is 3. The van der Waals surface area contributed by atoms with Gasteiger partial charge < -0.3 is 15.3 Å². The first kappa shape index (κ1) is 13.8.